The molecule has 0 atom stereocenters. The van der Waals surface area contributed by atoms with Crippen molar-refractivity contribution >= 4 is 5.96 Å². The lowest BCUT2D eigenvalue weighted by atomic mass is 9.91. The van der Waals surface area contributed by atoms with E-state index in [1.165, 1.54) is 11.1 Å². The fourth-order valence-electron chi connectivity index (χ4n) is 3.08. The molecule has 2 aromatic carbocycles. The summed E-state index contributed by atoms with van der Waals surface area (Å²) in [5, 5.41) is 15.1. The number of guanidine groups is 1. The molecule has 0 aliphatic rings. The Balaban J connectivity index is 1.77. The molecule has 1 aromatic heterocycles. The van der Waals surface area contributed by atoms with E-state index in [0.717, 1.165) is 24.2 Å². The van der Waals surface area contributed by atoms with Crippen LogP contribution in [0.15, 0.2) is 78.3 Å². The van der Waals surface area contributed by atoms with Crippen molar-refractivity contribution < 1.29 is 0 Å². The van der Waals surface area contributed by atoms with Crippen LogP contribution >= 0.6 is 0 Å². The molecule has 0 aliphatic carbocycles. The van der Waals surface area contributed by atoms with Gasteiger partial charge in [-0.3, -0.25) is 0 Å². The van der Waals surface area contributed by atoms with Gasteiger partial charge in [0.05, 0.1) is 0 Å². The van der Waals surface area contributed by atoms with Gasteiger partial charge in [-0.2, -0.15) is 0 Å². The molecule has 0 unspecified atom stereocenters. The first kappa shape index (κ1) is 20.3. The third kappa shape index (κ3) is 5.54. The summed E-state index contributed by atoms with van der Waals surface area (Å²) in [6.07, 6.45) is 1.82. The van der Waals surface area contributed by atoms with Crippen molar-refractivity contribution in [3.05, 3.63) is 96.1 Å². The minimum atomic E-state index is 0.213. The lowest BCUT2D eigenvalue weighted by Gasteiger charge is -2.20. The van der Waals surface area contributed by atoms with Crippen LogP contribution in [0.5, 0.6) is 0 Å². The van der Waals surface area contributed by atoms with Crippen LogP contribution in [-0.4, -0.2) is 33.8 Å². The highest BCUT2D eigenvalue weighted by atomic mass is 15.3. The Morgan fingerprint density at radius 1 is 1.03 bits per heavy atom. The Kier molecular flexibility index (Phi) is 7.16. The van der Waals surface area contributed by atoms with Crippen molar-refractivity contribution in [1.29, 1.82) is 0 Å². The molecule has 3 aromatic rings. The van der Waals surface area contributed by atoms with Crippen molar-refractivity contribution in [3.63, 3.8) is 0 Å². The van der Waals surface area contributed by atoms with Crippen LogP contribution in [0.25, 0.3) is 0 Å². The van der Waals surface area contributed by atoms with Gasteiger partial charge in [0.2, 0.25) is 0 Å². The van der Waals surface area contributed by atoms with Gasteiger partial charge in [0.1, 0.15) is 12.4 Å². The first-order valence-corrected chi connectivity index (χ1v) is 9.77. The smallest absolute Gasteiger partial charge is 0.191 e. The second-order valence-corrected chi connectivity index (χ2v) is 6.81. The second-order valence-electron chi connectivity index (χ2n) is 6.81. The van der Waals surface area contributed by atoms with Crippen molar-refractivity contribution in [2.75, 3.05) is 13.1 Å². The van der Waals surface area contributed by atoms with Gasteiger partial charge in [-0.1, -0.05) is 66.7 Å². The first-order valence-electron chi connectivity index (χ1n) is 9.77. The van der Waals surface area contributed by atoms with E-state index in [1.807, 2.05) is 36.7 Å². The first-order chi connectivity index (χ1) is 14.2. The monoisotopic (exact) mass is 388 g/mol. The molecule has 1 heterocycles. The highest BCUT2D eigenvalue weighted by Crippen LogP contribution is 2.23. The molecule has 0 aliphatic heterocycles. The molecule has 6 heteroatoms. The molecule has 0 saturated carbocycles. The summed E-state index contributed by atoms with van der Waals surface area (Å²) in [6, 6.07) is 21.0. The zero-order chi connectivity index (χ0) is 20.5. The van der Waals surface area contributed by atoms with Gasteiger partial charge in [0, 0.05) is 26.1 Å². The minimum Gasteiger partial charge on any atom is -0.355 e. The van der Waals surface area contributed by atoms with E-state index in [-0.39, 0.29) is 5.92 Å². The fourth-order valence-corrected chi connectivity index (χ4v) is 3.08. The predicted octanol–water partition coefficient (Wildman–Crippen LogP) is 3.18. The van der Waals surface area contributed by atoms with Gasteiger partial charge in [0.15, 0.2) is 11.8 Å². The van der Waals surface area contributed by atoms with E-state index in [9.17, 15) is 0 Å². The molecule has 150 valence electrons. The summed E-state index contributed by atoms with van der Waals surface area (Å²) in [6.45, 7) is 7.51. The van der Waals surface area contributed by atoms with E-state index < -0.39 is 0 Å². The van der Waals surface area contributed by atoms with E-state index in [0.29, 0.717) is 13.1 Å². The Hall–Kier alpha value is -3.41. The molecule has 0 spiro atoms. The predicted molar refractivity (Wildman–Crippen MR) is 118 cm³/mol. The van der Waals surface area contributed by atoms with Crippen LogP contribution < -0.4 is 10.6 Å². The standard InChI is InChI=1S/C23H28N6/c1-4-15-24-23(26-17-22-28-27-18(2)29(22)3)25-16-21(19-11-7-5-8-12-19)20-13-9-6-10-14-20/h4-14,21H,1,15-17H2,2-3H3,(H2,24,25,26). The fraction of sp³-hybridized carbons (Fsp3) is 0.261. The van der Waals surface area contributed by atoms with Crippen molar-refractivity contribution in [2.24, 2.45) is 12.0 Å². The van der Waals surface area contributed by atoms with Gasteiger partial charge in [-0.25, -0.2) is 4.99 Å². The van der Waals surface area contributed by atoms with Crippen molar-refractivity contribution in [1.82, 2.24) is 25.4 Å². The number of benzene rings is 2. The van der Waals surface area contributed by atoms with Crippen LogP contribution in [0.4, 0.5) is 0 Å². The van der Waals surface area contributed by atoms with E-state index in [4.69, 9.17) is 0 Å². The molecule has 0 bridgehead atoms. The van der Waals surface area contributed by atoms with E-state index >= 15 is 0 Å². The van der Waals surface area contributed by atoms with Crippen LogP contribution in [-0.2, 0) is 13.6 Å². The Morgan fingerprint density at radius 2 is 1.66 bits per heavy atom. The largest absolute Gasteiger partial charge is 0.355 e. The SMILES string of the molecule is C=CCNC(=NCc1nnc(C)n1C)NCC(c1ccccc1)c1ccccc1. The lowest BCUT2D eigenvalue weighted by molar-refractivity contribution is 0.723. The topological polar surface area (TPSA) is 67.1 Å². The molecule has 0 radical (unpaired) electrons. The molecule has 0 saturated heterocycles. The van der Waals surface area contributed by atoms with E-state index in [2.05, 4.69) is 80.9 Å². The number of hydrogen-bond donors (Lipinski definition) is 2. The summed E-state index contributed by atoms with van der Waals surface area (Å²) in [5.74, 6) is 2.63. The molecule has 2 N–H and O–H groups in total. The zero-order valence-electron chi connectivity index (χ0n) is 17.0. The van der Waals surface area contributed by atoms with Crippen molar-refractivity contribution in [2.45, 2.75) is 19.4 Å². The molecule has 0 amide bonds. The maximum Gasteiger partial charge on any atom is 0.191 e. The highest BCUT2D eigenvalue weighted by Gasteiger charge is 2.14. The number of hydrogen-bond acceptors (Lipinski definition) is 3. The number of aliphatic imine (C=N–C) groups is 1. The Bertz CT molecular complexity index is 891. The number of aryl methyl sites for hydroxylation is 1. The minimum absolute atomic E-state index is 0.213. The summed E-state index contributed by atoms with van der Waals surface area (Å²) in [7, 11) is 1.95. The summed E-state index contributed by atoms with van der Waals surface area (Å²) in [5.41, 5.74) is 2.52. The van der Waals surface area contributed by atoms with E-state index in [1.54, 1.807) is 0 Å². The normalized spacial score (nSPS) is 11.5. The maximum atomic E-state index is 4.69. The van der Waals surface area contributed by atoms with Crippen molar-refractivity contribution in [3.8, 4) is 0 Å². The third-order valence-corrected chi connectivity index (χ3v) is 4.85. The molecule has 0 fully saturated rings. The number of nitrogens with zero attached hydrogens (tertiary/aromatic N) is 4. The molecular weight excluding hydrogens is 360 g/mol. The van der Waals surface area contributed by atoms with Crippen LogP contribution in [0.3, 0.4) is 0 Å². The van der Waals surface area contributed by atoms with Gasteiger partial charge < -0.3 is 15.2 Å². The highest BCUT2D eigenvalue weighted by molar-refractivity contribution is 5.80. The average Bonchev–Trinajstić information content (AvgIpc) is 3.09. The van der Waals surface area contributed by atoms with Crippen LogP contribution in [0.2, 0.25) is 0 Å². The Morgan fingerprint density at radius 3 is 2.17 bits per heavy atom. The number of nitrogens with one attached hydrogen (secondary N) is 2. The Labute approximate surface area is 172 Å². The second kappa shape index (κ2) is 10.2. The summed E-state index contributed by atoms with van der Waals surface area (Å²) < 4.78 is 1.95. The van der Waals surface area contributed by atoms with Crippen LogP contribution in [0, 0.1) is 6.92 Å². The number of aromatic nitrogens is 3. The summed E-state index contributed by atoms with van der Waals surface area (Å²) >= 11 is 0. The summed E-state index contributed by atoms with van der Waals surface area (Å²) in [4.78, 5) is 4.69. The van der Waals surface area contributed by atoms with Gasteiger partial charge in [0.25, 0.3) is 0 Å². The lowest BCUT2D eigenvalue weighted by Crippen LogP contribution is -2.39. The molecule has 6 nitrogen and oxygen atoms in total. The van der Waals surface area contributed by atoms with Gasteiger partial charge in [-0.05, 0) is 18.1 Å². The quantitative estimate of drug-likeness (QED) is 0.353. The average molecular weight is 389 g/mol. The van der Waals surface area contributed by atoms with Gasteiger partial charge >= 0.3 is 0 Å². The van der Waals surface area contributed by atoms with Crippen LogP contribution in [0.1, 0.15) is 28.7 Å². The number of rotatable bonds is 8. The maximum absolute atomic E-state index is 4.69. The molecule has 29 heavy (non-hydrogen) atoms. The molecular formula is C23H28N6. The van der Waals surface area contributed by atoms with Gasteiger partial charge in [-0.15, -0.1) is 16.8 Å². The zero-order valence-corrected chi connectivity index (χ0v) is 17.0. The third-order valence-electron chi connectivity index (χ3n) is 4.85. The molecule has 3 rings (SSSR count).